The van der Waals surface area contributed by atoms with E-state index < -0.39 is 0 Å². The molecule has 0 unspecified atom stereocenters. The van der Waals surface area contributed by atoms with Crippen molar-refractivity contribution in [3.05, 3.63) is 0 Å². The molecule has 0 bridgehead atoms. The Hall–Kier alpha value is -1.26. The van der Waals surface area contributed by atoms with Crippen molar-refractivity contribution < 1.29 is 10.0 Å². The van der Waals surface area contributed by atoms with Crippen molar-refractivity contribution in [2.24, 2.45) is 10.9 Å². The Morgan fingerprint density at radius 2 is 2.14 bits per heavy atom. The number of nitrogens with zero attached hydrogens (tertiary/aromatic N) is 1. The third-order valence-corrected chi connectivity index (χ3v) is 1.82. The van der Waals surface area contributed by atoms with Gasteiger partial charge in [0.1, 0.15) is 5.84 Å². The lowest BCUT2D eigenvalue weighted by Gasteiger charge is -2.03. The zero-order valence-electron chi connectivity index (χ0n) is 8.62. The number of hydrogen-bond donors (Lipinski definition) is 3. The average Bonchev–Trinajstić information content (AvgIpc) is 2.21. The second-order valence-corrected chi connectivity index (χ2v) is 3.15. The number of unbranched alkanes of at least 4 members (excludes halogenated alkanes) is 1. The number of nitrogens with two attached hydrogens (primary N) is 1. The molecule has 0 aromatic rings. The summed E-state index contributed by atoms with van der Waals surface area (Å²) in [7, 11) is 0. The Morgan fingerprint density at radius 1 is 1.43 bits per heavy atom. The molecule has 0 heterocycles. The molecule has 0 aromatic heterocycles. The number of carbonyl (C=O) groups excluding carboxylic acids is 1. The summed E-state index contributed by atoms with van der Waals surface area (Å²) in [5, 5.41) is 13.8. The van der Waals surface area contributed by atoms with E-state index in [2.05, 4.69) is 10.5 Å². The normalized spacial score (nSPS) is 11.4. The zero-order valence-corrected chi connectivity index (χ0v) is 8.62. The van der Waals surface area contributed by atoms with Crippen molar-refractivity contribution in [1.82, 2.24) is 5.32 Å². The van der Waals surface area contributed by atoms with Gasteiger partial charge in [-0.3, -0.25) is 4.79 Å². The highest BCUT2D eigenvalue weighted by Gasteiger charge is 1.99. The van der Waals surface area contributed by atoms with E-state index in [0.717, 1.165) is 12.8 Å². The average molecular weight is 201 g/mol. The lowest BCUT2D eigenvalue weighted by atomic mass is 10.2. The van der Waals surface area contributed by atoms with Crippen LogP contribution in [0, 0.1) is 0 Å². The number of hydrogen-bond acceptors (Lipinski definition) is 3. The molecular formula is C9H19N3O2. The van der Waals surface area contributed by atoms with E-state index in [-0.39, 0.29) is 11.7 Å². The fourth-order valence-corrected chi connectivity index (χ4v) is 0.973. The standard InChI is InChI=1S/C9H19N3O2/c1-2-3-6-9(13)11-7-4-5-8(10)12-14/h14H,2-7H2,1H3,(H2,10,12)(H,11,13). The summed E-state index contributed by atoms with van der Waals surface area (Å²) in [5.74, 6) is 0.277. The summed E-state index contributed by atoms with van der Waals surface area (Å²) in [4.78, 5) is 11.1. The molecule has 14 heavy (non-hydrogen) atoms. The van der Waals surface area contributed by atoms with Gasteiger partial charge in [0.05, 0.1) is 0 Å². The van der Waals surface area contributed by atoms with E-state index in [1.165, 1.54) is 0 Å². The minimum atomic E-state index is 0.0753. The Bertz CT molecular complexity index is 192. The molecule has 4 N–H and O–H groups in total. The lowest BCUT2D eigenvalue weighted by molar-refractivity contribution is -0.121. The number of nitrogens with one attached hydrogen (secondary N) is 1. The highest BCUT2D eigenvalue weighted by Crippen LogP contribution is 1.93. The molecule has 0 aliphatic carbocycles. The van der Waals surface area contributed by atoms with Gasteiger partial charge in [-0.15, -0.1) is 0 Å². The molecule has 0 atom stereocenters. The van der Waals surface area contributed by atoms with E-state index in [0.29, 0.717) is 25.8 Å². The fourth-order valence-electron chi connectivity index (χ4n) is 0.973. The molecule has 5 heteroatoms. The van der Waals surface area contributed by atoms with Gasteiger partial charge in [-0.1, -0.05) is 18.5 Å². The third-order valence-electron chi connectivity index (χ3n) is 1.82. The highest BCUT2D eigenvalue weighted by atomic mass is 16.4. The van der Waals surface area contributed by atoms with Crippen LogP contribution in [0.5, 0.6) is 0 Å². The van der Waals surface area contributed by atoms with Gasteiger partial charge in [-0.25, -0.2) is 0 Å². The maximum Gasteiger partial charge on any atom is 0.219 e. The molecule has 0 aliphatic rings. The first-order valence-electron chi connectivity index (χ1n) is 4.93. The summed E-state index contributed by atoms with van der Waals surface area (Å²) in [6, 6.07) is 0. The monoisotopic (exact) mass is 201 g/mol. The molecule has 1 amide bonds. The summed E-state index contributed by atoms with van der Waals surface area (Å²) >= 11 is 0. The summed E-state index contributed by atoms with van der Waals surface area (Å²) in [6.45, 7) is 2.63. The van der Waals surface area contributed by atoms with Crippen LogP contribution in [0.2, 0.25) is 0 Å². The lowest BCUT2D eigenvalue weighted by Crippen LogP contribution is -2.25. The molecule has 0 radical (unpaired) electrons. The van der Waals surface area contributed by atoms with E-state index in [9.17, 15) is 4.79 Å². The summed E-state index contributed by atoms with van der Waals surface area (Å²) < 4.78 is 0. The van der Waals surface area contributed by atoms with Gasteiger partial charge in [-0.05, 0) is 12.8 Å². The number of carbonyl (C=O) groups is 1. The van der Waals surface area contributed by atoms with Crippen molar-refractivity contribution in [2.45, 2.75) is 39.0 Å². The molecule has 0 aromatic carbocycles. The van der Waals surface area contributed by atoms with Crippen LogP contribution in [0.25, 0.3) is 0 Å². The Balaban J connectivity index is 3.31. The van der Waals surface area contributed by atoms with Gasteiger partial charge in [0.2, 0.25) is 5.91 Å². The topological polar surface area (TPSA) is 87.7 Å². The van der Waals surface area contributed by atoms with Gasteiger partial charge in [0.15, 0.2) is 0 Å². The largest absolute Gasteiger partial charge is 0.409 e. The molecule has 0 fully saturated rings. The van der Waals surface area contributed by atoms with E-state index in [1.807, 2.05) is 6.92 Å². The minimum absolute atomic E-state index is 0.0753. The first kappa shape index (κ1) is 12.7. The molecule has 0 spiro atoms. The number of amides is 1. The smallest absolute Gasteiger partial charge is 0.219 e. The molecule has 0 aliphatic heterocycles. The fraction of sp³-hybridized carbons (Fsp3) is 0.778. The number of oxime groups is 1. The van der Waals surface area contributed by atoms with Crippen LogP contribution in [0.3, 0.4) is 0 Å². The maximum atomic E-state index is 11.1. The first-order valence-corrected chi connectivity index (χ1v) is 4.93. The third kappa shape index (κ3) is 7.39. The van der Waals surface area contributed by atoms with Crippen LogP contribution in [0.4, 0.5) is 0 Å². The van der Waals surface area contributed by atoms with Gasteiger partial charge in [-0.2, -0.15) is 0 Å². The minimum Gasteiger partial charge on any atom is -0.409 e. The van der Waals surface area contributed by atoms with Crippen molar-refractivity contribution >= 4 is 11.7 Å². The quantitative estimate of drug-likeness (QED) is 0.187. The molecule has 0 saturated heterocycles. The number of rotatable bonds is 7. The predicted molar refractivity (Wildman–Crippen MR) is 55.2 cm³/mol. The second-order valence-electron chi connectivity index (χ2n) is 3.15. The van der Waals surface area contributed by atoms with Crippen LogP contribution < -0.4 is 11.1 Å². The van der Waals surface area contributed by atoms with E-state index in [4.69, 9.17) is 10.9 Å². The SMILES string of the molecule is CCCCC(=O)NCCCC(N)=NO. The van der Waals surface area contributed by atoms with Crippen LogP contribution in [0.15, 0.2) is 5.16 Å². The van der Waals surface area contributed by atoms with Gasteiger partial charge >= 0.3 is 0 Å². The number of amidine groups is 1. The molecular weight excluding hydrogens is 182 g/mol. The van der Waals surface area contributed by atoms with Gasteiger partial charge in [0.25, 0.3) is 0 Å². The highest BCUT2D eigenvalue weighted by molar-refractivity contribution is 5.79. The van der Waals surface area contributed by atoms with E-state index >= 15 is 0 Å². The van der Waals surface area contributed by atoms with Crippen LogP contribution in [-0.4, -0.2) is 23.5 Å². The van der Waals surface area contributed by atoms with Crippen molar-refractivity contribution in [1.29, 1.82) is 0 Å². The van der Waals surface area contributed by atoms with Crippen molar-refractivity contribution in [3.8, 4) is 0 Å². The van der Waals surface area contributed by atoms with Crippen LogP contribution in [-0.2, 0) is 4.79 Å². The van der Waals surface area contributed by atoms with Gasteiger partial charge < -0.3 is 16.3 Å². The Kier molecular flexibility index (Phi) is 7.59. The second kappa shape index (κ2) is 8.34. The van der Waals surface area contributed by atoms with Crippen molar-refractivity contribution in [2.75, 3.05) is 6.54 Å². The Labute approximate surface area is 84.4 Å². The van der Waals surface area contributed by atoms with Crippen LogP contribution >= 0.6 is 0 Å². The van der Waals surface area contributed by atoms with Crippen molar-refractivity contribution in [3.63, 3.8) is 0 Å². The zero-order chi connectivity index (χ0) is 10.8. The molecule has 82 valence electrons. The first-order chi connectivity index (χ1) is 6.70. The van der Waals surface area contributed by atoms with Gasteiger partial charge in [0, 0.05) is 19.4 Å². The summed E-state index contributed by atoms with van der Waals surface area (Å²) in [5.41, 5.74) is 5.26. The van der Waals surface area contributed by atoms with Crippen LogP contribution in [0.1, 0.15) is 39.0 Å². The summed E-state index contributed by atoms with van der Waals surface area (Å²) in [6.07, 6.45) is 3.74. The molecule has 0 saturated carbocycles. The maximum absolute atomic E-state index is 11.1. The molecule has 0 rings (SSSR count). The molecule has 5 nitrogen and oxygen atoms in total. The Morgan fingerprint density at radius 3 is 2.71 bits per heavy atom. The van der Waals surface area contributed by atoms with E-state index in [1.54, 1.807) is 0 Å². The predicted octanol–water partition coefficient (Wildman–Crippen LogP) is 0.819.